The van der Waals surface area contributed by atoms with Gasteiger partial charge in [0.15, 0.2) is 0 Å². The molecular formula is C25H25N5O4. The molecule has 2 heterocycles. The Morgan fingerprint density at radius 1 is 1.03 bits per heavy atom. The highest BCUT2D eigenvalue weighted by Gasteiger charge is 2.52. The van der Waals surface area contributed by atoms with Crippen LogP contribution in [-0.2, 0) is 29.5 Å². The van der Waals surface area contributed by atoms with E-state index in [0.717, 1.165) is 10.5 Å². The zero-order valence-corrected chi connectivity index (χ0v) is 19.0. The summed E-state index contributed by atoms with van der Waals surface area (Å²) in [5.41, 5.74) is 2.10. The third kappa shape index (κ3) is 3.40. The van der Waals surface area contributed by atoms with Crippen LogP contribution in [0.25, 0.3) is 5.69 Å². The summed E-state index contributed by atoms with van der Waals surface area (Å²) in [6, 6.07) is 16.3. The molecule has 2 N–H and O–H groups in total. The van der Waals surface area contributed by atoms with E-state index in [9.17, 15) is 19.2 Å². The maximum absolute atomic E-state index is 13.3. The average molecular weight is 460 g/mol. The number of benzene rings is 2. The lowest BCUT2D eigenvalue weighted by Gasteiger charge is -2.32. The highest BCUT2D eigenvalue weighted by atomic mass is 16.2. The van der Waals surface area contributed by atoms with Crippen molar-refractivity contribution >= 4 is 23.5 Å². The zero-order valence-electron chi connectivity index (χ0n) is 19.0. The van der Waals surface area contributed by atoms with Gasteiger partial charge in [0.25, 0.3) is 11.5 Å². The van der Waals surface area contributed by atoms with Crippen LogP contribution in [0.2, 0.25) is 0 Å². The van der Waals surface area contributed by atoms with Crippen LogP contribution in [0.3, 0.4) is 0 Å². The van der Waals surface area contributed by atoms with Gasteiger partial charge in [0.05, 0.1) is 11.4 Å². The molecule has 0 saturated carbocycles. The highest BCUT2D eigenvalue weighted by molar-refractivity contribution is 6.10. The van der Waals surface area contributed by atoms with Crippen molar-refractivity contribution in [3.05, 3.63) is 81.8 Å². The van der Waals surface area contributed by atoms with Crippen molar-refractivity contribution in [3.8, 4) is 5.69 Å². The molecule has 0 bridgehead atoms. The number of aromatic nitrogens is 2. The van der Waals surface area contributed by atoms with E-state index in [4.69, 9.17) is 0 Å². The van der Waals surface area contributed by atoms with Crippen LogP contribution in [0.15, 0.2) is 59.4 Å². The molecule has 1 atom stereocenters. The smallest absolute Gasteiger partial charge is 0.323 e. The minimum Gasteiger partial charge on any atom is -0.323 e. The van der Waals surface area contributed by atoms with E-state index >= 15 is 0 Å². The van der Waals surface area contributed by atoms with Gasteiger partial charge in [-0.25, -0.2) is 9.48 Å². The van der Waals surface area contributed by atoms with Gasteiger partial charge in [0.1, 0.15) is 17.8 Å². The fourth-order valence-electron chi connectivity index (χ4n) is 4.88. The van der Waals surface area contributed by atoms with Crippen LogP contribution in [0.1, 0.15) is 23.2 Å². The van der Waals surface area contributed by atoms with E-state index in [-0.39, 0.29) is 5.69 Å². The Morgan fingerprint density at radius 3 is 2.44 bits per heavy atom. The van der Waals surface area contributed by atoms with E-state index in [0.29, 0.717) is 30.6 Å². The minimum absolute atomic E-state index is 0.115. The number of aryl methyl sites for hydroxylation is 1. The lowest BCUT2D eigenvalue weighted by molar-refractivity contribution is -0.134. The van der Waals surface area contributed by atoms with E-state index in [1.54, 1.807) is 30.8 Å². The Kier molecular flexibility index (Phi) is 5.11. The lowest BCUT2D eigenvalue weighted by Crippen LogP contribution is -2.51. The van der Waals surface area contributed by atoms with Gasteiger partial charge >= 0.3 is 6.03 Å². The second-order valence-electron chi connectivity index (χ2n) is 8.83. The number of nitrogens with zero attached hydrogens (tertiary/aromatic N) is 3. The summed E-state index contributed by atoms with van der Waals surface area (Å²) in [4.78, 5) is 52.8. The molecule has 1 fully saturated rings. The lowest BCUT2D eigenvalue weighted by atomic mass is 9.78. The van der Waals surface area contributed by atoms with Gasteiger partial charge in [0.2, 0.25) is 5.91 Å². The van der Waals surface area contributed by atoms with Crippen LogP contribution in [-0.4, -0.2) is 44.2 Å². The summed E-state index contributed by atoms with van der Waals surface area (Å²) in [7, 11) is 1.72. The minimum atomic E-state index is -1.03. The van der Waals surface area contributed by atoms with Crippen molar-refractivity contribution in [1.29, 1.82) is 0 Å². The number of carbonyl (C=O) groups excluding carboxylic acids is 3. The SMILES string of the molecule is Cc1c(NC(=O)CN2C(=O)NC3(CCc4ccccc4C3)C2=O)c(=O)n(-c2ccccc2)n1C. The number of para-hydroxylation sites is 1. The number of fused-ring (bicyclic) bond motifs is 1. The fraction of sp³-hybridized carbons (Fsp3) is 0.280. The number of nitrogens with one attached hydrogen (secondary N) is 2. The summed E-state index contributed by atoms with van der Waals surface area (Å²) >= 11 is 0. The van der Waals surface area contributed by atoms with Crippen molar-refractivity contribution in [3.63, 3.8) is 0 Å². The molecule has 0 radical (unpaired) electrons. The molecule has 2 aromatic carbocycles. The Hall–Kier alpha value is -4.14. The predicted molar refractivity (Wildman–Crippen MR) is 126 cm³/mol. The third-order valence-electron chi connectivity index (χ3n) is 6.80. The zero-order chi connectivity index (χ0) is 24.0. The van der Waals surface area contributed by atoms with Crippen LogP contribution in [0.4, 0.5) is 10.5 Å². The molecule has 2 aliphatic rings. The quantitative estimate of drug-likeness (QED) is 0.582. The topological polar surface area (TPSA) is 105 Å². The van der Waals surface area contributed by atoms with Gasteiger partial charge in [-0.05, 0) is 43.0 Å². The molecule has 1 aromatic heterocycles. The van der Waals surface area contributed by atoms with Crippen LogP contribution < -0.4 is 16.2 Å². The van der Waals surface area contributed by atoms with Crippen molar-refractivity contribution in [2.24, 2.45) is 7.05 Å². The van der Waals surface area contributed by atoms with Crippen LogP contribution in [0, 0.1) is 6.92 Å². The number of carbonyl (C=O) groups is 3. The first kappa shape index (κ1) is 21.7. The third-order valence-corrected chi connectivity index (χ3v) is 6.80. The molecule has 1 unspecified atom stereocenters. The Balaban J connectivity index is 1.35. The summed E-state index contributed by atoms with van der Waals surface area (Å²) in [6.07, 6.45) is 1.54. The summed E-state index contributed by atoms with van der Waals surface area (Å²) in [5, 5.41) is 5.44. The maximum atomic E-state index is 13.3. The molecule has 9 nitrogen and oxygen atoms in total. The number of rotatable bonds is 4. The average Bonchev–Trinajstić information content (AvgIpc) is 3.18. The predicted octanol–water partition coefficient (Wildman–Crippen LogP) is 1.90. The van der Waals surface area contributed by atoms with Gasteiger partial charge in [-0.15, -0.1) is 0 Å². The van der Waals surface area contributed by atoms with Crippen molar-refractivity contribution in [1.82, 2.24) is 19.6 Å². The first-order chi connectivity index (χ1) is 16.3. The number of urea groups is 1. The van der Waals surface area contributed by atoms with E-state index in [1.807, 2.05) is 42.5 Å². The first-order valence-electron chi connectivity index (χ1n) is 11.2. The van der Waals surface area contributed by atoms with Gasteiger partial charge < -0.3 is 10.6 Å². The molecule has 1 aliphatic heterocycles. The first-order valence-corrected chi connectivity index (χ1v) is 11.2. The second kappa shape index (κ2) is 8.02. The summed E-state index contributed by atoms with van der Waals surface area (Å²) < 4.78 is 3.10. The molecule has 1 aliphatic carbocycles. The Labute approximate surface area is 196 Å². The molecular weight excluding hydrogens is 434 g/mol. The number of hydrogen-bond donors (Lipinski definition) is 2. The number of amides is 4. The molecule has 34 heavy (non-hydrogen) atoms. The molecule has 1 spiro atoms. The van der Waals surface area contributed by atoms with E-state index in [1.165, 1.54) is 10.2 Å². The van der Waals surface area contributed by atoms with Crippen LogP contribution >= 0.6 is 0 Å². The summed E-state index contributed by atoms with van der Waals surface area (Å²) in [5.74, 6) is -1.02. The number of hydrogen-bond acceptors (Lipinski definition) is 4. The van der Waals surface area contributed by atoms with Gasteiger partial charge in [0, 0.05) is 13.5 Å². The van der Waals surface area contributed by atoms with E-state index < -0.39 is 35.5 Å². The number of imide groups is 1. The van der Waals surface area contributed by atoms with Gasteiger partial charge in [-0.2, -0.15) is 0 Å². The highest BCUT2D eigenvalue weighted by Crippen LogP contribution is 2.33. The van der Waals surface area contributed by atoms with Crippen molar-refractivity contribution < 1.29 is 14.4 Å². The van der Waals surface area contributed by atoms with Gasteiger partial charge in [-0.3, -0.25) is 24.0 Å². The van der Waals surface area contributed by atoms with E-state index in [2.05, 4.69) is 10.6 Å². The van der Waals surface area contributed by atoms with Crippen molar-refractivity contribution in [2.45, 2.75) is 31.7 Å². The molecule has 174 valence electrons. The maximum Gasteiger partial charge on any atom is 0.325 e. The Bertz CT molecular complexity index is 1370. The molecule has 9 heteroatoms. The number of anilines is 1. The standard InChI is InChI=1S/C25H25N5O4/c1-16-21(22(32)30(28(16)2)19-10-4-3-5-11-19)26-20(31)15-29-23(33)25(27-24(29)34)13-12-17-8-6-7-9-18(17)14-25/h3-11H,12-15H2,1-2H3,(H,26,31)(H,27,34). The normalized spacial score (nSPS) is 19.3. The molecule has 4 amide bonds. The second-order valence-corrected chi connectivity index (χ2v) is 8.83. The van der Waals surface area contributed by atoms with Crippen molar-refractivity contribution in [2.75, 3.05) is 11.9 Å². The fourth-order valence-corrected chi connectivity index (χ4v) is 4.88. The Morgan fingerprint density at radius 2 is 1.71 bits per heavy atom. The van der Waals surface area contributed by atoms with Crippen LogP contribution in [0.5, 0.6) is 0 Å². The van der Waals surface area contributed by atoms with Gasteiger partial charge in [-0.1, -0.05) is 42.5 Å². The molecule has 3 aromatic rings. The molecule has 1 saturated heterocycles. The monoisotopic (exact) mass is 459 g/mol. The largest absolute Gasteiger partial charge is 0.325 e. The summed E-state index contributed by atoms with van der Waals surface area (Å²) in [6.45, 7) is 1.26. The molecule has 5 rings (SSSR count).